The third kappa shape index (κ3) is 6.60. The highest BCUT2D eigenvalue weighted by Crippen LogP contribution is 2.43. The van der Waals surface area contributed by atoms with Gasteiger partial charge in [-0.05, 0) is 31.0 Å². The van der Waals surface area contributed by atoms with Crippen LogP contribution < -0.4 is 9.47 Å². The van der Waals surface area contributed by atoms with Crippen LogP contribution >= 0.6 is 15.9 Å². The van der Waals surface area contributed by atoms with Gasteiger partial charge in [0.25, 0.3) is 0 Å². The first-order chi connectivity index (χ1) is 16.0. The molecule has 0 aliphatic carbocycles. The van der Waals surface area contributed by atoms with Crippen molar-refractivity contribution in [2.75, 3.05) is 26.4 Å². The van der Waals surface area contributed by atoms with E-state index in [1.165, 1.54) is 0 Å². The van der Waals surface area contributed by atoms with Crippen LogP contribution in [0.2, 0.25) is 0 Å². The van der Waals surface area contributed by atoms with Crippen molar-refractivity contribution in [2.24, 2.45) is 0 Å². The van der Waals surface area contributed by atoms with Gasteiger partial charge in [-0.15, -0.1) is 0 Å². The van der Waals surface area contributed by atoms with Crippen molar-refractivity contribution < 1.29 is 28.5 Å². The summed E-state index contributed by atoms with van der Waals surface area (Å²) in [5.74, 6) is 0.974. The van der Waals surface area contributed by atoms with Crippen LogP contribution in [0, 0.1) is 0 Å². The lowest BCUT2D eigenvalue weighted by Gasteiger charge is -2.18. The van der Waals surface area contributed by atoms with Gasteiger partial charge in [0.1, 0.15) is 37.9 Å². The summed E-state index contributed by atoms with van der Waals surface area (Å²) < 4.78 is 23.6. The number of hydrogen-bond acceptors (Lipinski definition) is 6. The Kier molecular flexibility index (Phi) is 9.36. The lowest BCUT2D eigenvalue weighted by atomic mass is 10.0. The number of ether oxygens (including phenoxy) is 4. The number of rotatable bonds is 12. The maximum atomic E-state index is 11.6. The van der Waals surface area contributed by atoms with E-state index in [1.807, 2.05) is 56.3 Å². The van der Waals surface area contributed by atoms with Gasteiger partial charge in [0, 0.05) is 38.9 Å². The van der Waals surface area contributed by atoms with E-state index in [2.05, 4.69) is 15.9 Å². The fraction of sp³-hybridized carbons (Fsp3) is 0.385. The van der Waals surface area contributed by atoms with Crippen LogP contribution in [0.5, 0.6) is 11.5 Å². The Morgan fingerprint density at radius 3 is 1.70 bits per heavy atom. The van der Waals surface area contributed by atoms with Crippen molar-refractivity contribution in [2.45, 2.75) is 39.5 Å². The second-order valence-corrected chi connectivity index (χ2v) is 8.45. The zero-order chi connectivity index (χ0) is 23.6. The first-order valence-electron chi connectivity index (χ1n) is 11.3. The largest absolute Gasteiger partial charge is 0.489 e. The molecule has 0 N–H and O–H groups in total. The predicted octanol–water partition coefficient (Wildman–Crippen LogP) is 6.20. The molecule has 0 saturated carbocycles. The minimum Gasteiger partial charge on any atom is -0.489 e. The second kappa shape index (κ2) is 12.4. The Labute approximate surface area is 202 Å². The fourth-order valence-electron chi connectivity index (χ4n) is 3.53. The van der Waals surface area contributed by atoms with Crippen molar-refractivity contribution in [3.63, 3.8) is 0 Å². The Morgan fingerprint density at radius 2 is 1.18 bits per heavy atom. The minimum absolute atomic E-state index is 0.185. The maximum absolute atomic E-state index is 11.6. The highest BCUT2D eigenvalue weighted by molar-refractivity contribution is 9.10. The molecule has 33 heavy (non-hydrogen) atoms. The first kappa shape index (κ1) is 24.8. The maximum Gasteiger partial charge on any atom is 0.305 e. The molecular formula is C26H29BrO6. The summed E-state index contributed by atoms with van der Waals surface area (Å²) in [4.78, 5) is 23.3. The van der Waals surface area contributed by atoms with E-state index in [0.29, 0.717) is 24.3 Å². The SMILES string of the molecule is CCCC(=O)OCCOc1c2ccccc2c(OCCOC(=O)CCC)c2cc(Br)ccc12. The molecule has 0 amide bonds. The molecule has 0 saturated heterocycles. The molecule has 3 aromatic rings. The van der Waals surface area contributed by atoms with E-state index >= 15 is 0 Å². The Morgan fingerprint density at radius 1 is 0.697 bits per heavy atom. The highest BCUT2D eigenvalue weighted by Gasteiger charge is 2.17. The van der Waals surface area contributed by atoms with Gasteiger partial charge in [-0.2, -0.15) is 0 Å². The van der Waals surface area contributed by atoms with Gasteiger partial charge in [0.15, 0.2) is 0 Å². The molecule has 6 nitrogen and oxygen atoms in total. The van der Waals surface area contributed by atoms with E-state index in [0.717, 1.165) is 38.9 Å². The lowest BCUT2D eigenvalue weighted by molar-refractivity contribution is -0.145. The topological polar surface area (TPSA) is 71.1 Å². The molecule has 0 spiro atoms. The van der Waals surface area contributed by atoms with Crippen molar-refractivity contribution in [3.8, 4) is 11.5 Å². The van der Waals surface area contributed by atoms with E-state index in [4.69, 9.17) is 18.9 Å². The third-order valence-corrected chi connectivity index (χ3v) is 5.47. The second-order valence-electron chi connectivity index (χ2n) is 7.53. The Bertz CT molecular complexity index is 1110. The number of carbonyl (C=O) groups excluding carboxylic acids is 2. The molecular weight excluding hydrogens is 488 g/mol. The number of benzene rings is 3. The van der Waals surface area contributed by atoms with Gasteiger partial charge in [-0.1, -0.05) is 54.0 Å². The Hall–Kier alpha value is -2.80. The van der Waals surface area contributed by atoms with Crippen LogP contribution in [-0.2, 0) is 19.1 Å². The van der Waals surface area contributed by atoms with Crippen molar-refractivity contribution in [1.82, 2.24) is 0 Å². The highest BCUT2D eigenvalue weighted by atomic mass is 79.9. The Balaban J connectivity index is 1.87. The zero-order valence-electron chi connectivity index (χ0n) is 19.0. The molecule has 176 valence electrons. The van der Waals surface area contributed by atoms with Crippen LogP contribution in [0.25, 0.3) is 21.5 Å². The summed E-state index contributed by atoms with van der Waals surface area (Å²) in [7, 11) is 0. The van der Waals surface area contributed by atoms with Crippen molar-refractivity contribution in [3.05, 3.63) is 46.9 Å². The van der Waals surface area contributed by atoms with Crippen LogP contribution in [-0.4, -0.2) is 38.4 Å². The van der Waals surface area contributed by atoms with Crippen LogP contribution in [0.15, 0.2) is 46.9 Å². The van der Waals surface area contributed by atoms with Crippen LogP contribution in [0.3, 0.4) is 0 Å². The molecule has 0 fully saturated rings. The molecule has 0 heterocycles. The standard InChI is InChI=1S/C26H29BrO6/c1-3-7-23(28)30-13-15-32-25-19-9-5-6-10-20(19)26(22-17-18(27)11-12-21(22)25)33-16-14-31-24(29)8-4-2/h5-6,9-12,17H,3-4,7-8,13-16H2,1-2H3. The third-order valence-electron chi connectivity index (χ3n) is 4.98. The molecule has 3 rings (SSSR count). The average molecular weight is 517 g/mol. The first-order valence-corrected chi connectivity index (χ1v) is 12.0. The van der Waals surface area contributed by atoms with Gasteiger partial charge < -0.3 is 18.9 Å². The van der Waals surface area contributed by atoms with Crippen LogP contribution in [0.1, 0.15) is 39.5 Å². The lowest BCUT2D eigenvalue weighted by Crippen LogP contribution is -2.13. The predicted molar refractivity (Wildman–Crippen MR) is 132 cm³/mol. The molecule has 0 radical (unpaired) electrons. The molecule has 3 aromatic carbocycles. The van der Waals surface area contributed by atoms with E-state index in [9.17, 15) is 9.59 Å². The number of fused-ring (bicyclic) bond motifs is 2. The number of carbonyl (C=O) groups is 2. The molecule has 7 heteroatoms. The molecule has 0 aliphatic rings. The number of esters is 2. The van der Waals surface area contributed by atoms with Crippen LogP contribution in [0.4, 0.5) is 0 Å². The smallest absolute Gasteiger partial charge is 0.305 e. The number of hydrogen-bond donors (Lipinski definition) is 0. The summed E-state index contributed by atoms with van der Waals surface area (Å²) in [5.41, 5.74) is 0. The zero-order valence-corrected chi connectivity index (χ0v) is 20.6. The molecule has 0 bridgehead atoms. The van der Waals surface area contributed by atoms with E-state index in [1.54, 1.807) is 0 Å². The molecule has 0 aliphatic heterocycles. The van der Waals surface area contributed by atoms with E-state index < -0.39 is 0 Å². The number of halogens is 1. The normalized spacial score (nSPS) is 10.9. The summed E-state index contributed by atoms with van der Waals surface area (Å²) in [5, 5.41) is 3.54. The van der Waals surface area contributed by atoms with Gasteiger partial charge in [-0.25, -0.2) is 0 Å². The molecule has 0 aromatic heterocycles. The summed E-state index contributed by atoms with van der Waals surface area (Å²) in [6, 6.07) is 13.7. The quantitative estimate of drug-likeness (QED) is 0.162. The summed E-state index contributed by atoms with van der Waals surface area (Å²) >= 11 is 3.54. The summed E-state index contributed by atoms with van der Waals surface area (Å²) in [6.07, 6.45) is 2.31. The minimum atomic E-state index is -0.220. The molecule has 0 atom stereocenters. The van der Waals surface area contributed by atoms with Gasteiger partial charge in [0.05, 0.1) is 0 Å². The van der Waals surface area contributed by atoms with Crippen molar-refractivity contribution >= 4 is 49.4 Å². The fourth-order valence-corrected chi connectivity index (χ4v) is 3.89. The average Bonchev–Trinajstić information content (AvgIpc) is 2.80. The van der Waals surface area contributed by atoms with Gasteiger partial charge >= 0.3 is 11.9 Å². The monoisotopic (exact) mass is 516 g/mol. The van der Waals surface area contributed by atoms with Gasteiger partial charge in [-0.3, -0.25) is 9.59 Å². The van der Waals surface area contributed by atoms with Gasteiger partial charge in [0.2, 0.25) is 0 Å². The van der Waals surface area contributed by atoms with Crippen molar-refractivity contribution in [1.29, 1.82) is 0 Å². The van der Waals surface area contributed by atoms with E-state index in [-0.39, 0.29) is 38.4 Å². The molecule has 0 unspecified atom stereocenters. The summed E-state index contributed by atoms with van der Waals surface area (Å²) in [6.45, 7) is 4.74.